The highest BCUT2D eigenvalue weighted by atomic mass is 16.2. The van der Waals surface area contributed by atoms with Crippen LogP contribution in [0.2, 0.25) is 0 Å². The maximum Gasteiger partial charge on any atom is 0.223 e. The van der Waals surface area contributed by atoms with Crippen LogP contribution in [0.15, 0.2) is 18.3 Å². The van der Waals surface area contributed by atoms with Crippen molar-refractivity contribution >= 4 is 11.7 Å². The molecule has 0 fully saturated rings. The third-order valence-electron chi connectivity index (χ3n) is 1.72. The standard InChI is InChI=1S/C9H14N4O/c1-13(2)9(14)5-7-10-8-4-3-6-11-12-8/h3-4,6H,5,7H2,1-2H3,(H,10,12). The third kappa shape index (κ3) is 3.38. The predicted molar refractivity (Wildman–Crippen MR) is 53.8 cm³/mol. The zero-order valence-corrected chi connectivity index (χ0v) is 8.40. The molecule has 1 amide bonds. The first kappa shape index (κ1) is 10.4. The fraction of sp³-hybridized carbons (Fsp3) is 0.444. The Morgan fingerprint density at radius 3 is 2.93 bits per heavy atom. The molecule has 14 heavy (non-hydrogen) atoms. The number of carbonyl (C=O) groups excluding carboxylic acids is 1. The number of hydrogen-bond acceptors (Lipinski definition) is 4. The van der Waals surface area contributed by atoms with E-state index in [4.69, 9.17) is 0 Å². The van der Waals surface area contributed by atoms with Gasteiger partial charge in [-0.05, 0) is 12.1 Å². The van der Waals surface area contributed by atoms with E-state index in [9.17, 15) is 4.79 Å². The van der Waals surface area contributed by atoms with Gasteiger partial charge in [-0.2, -0.15) is 5.10 Å². The fourth-order valence-electron chi connectivity index (χ4n) is 0.917. The molecule has 76 valence electrons. The summed E-state index contributed by atoms with van der Waals surface area (Å²) >= 11 is 0. The van der Waals surface area contributed by atoms with Crippen LogP contribution in [-0.2, 0) is 4.79 Å². The summed E-state index contributed by atoms with van der Waals surface area (Å²) in [5.41, 5.74) is 0. The van der Waals surface area contributed by atoms with Crippen molar-refractivity contribution in [2.24, 2.45) is 0 Å². The van der Waals surface area contributed by atoms with Gasteiger partial charge in [-0.15, -0.1) is 5.10 Å². The minimum atomic E-state index is 0.0985. The van der Waals surface area contributed by atoms with E-state index in [1.54, 1.807) is 31.3 Å². The molecular weight excluding hydrogens is 180 g/mol. The number of hydrogen-bond donors (Lipinski definition) is 1. The lowest BCUT2D eigenvalue weighted by Gasteiger charge is -2.10. The normalized spacial score (nSPS) is 9.57. The smallest absolute Gasteiger partial charge is 0.223 e. The van der Waals surface area contributed by atoms with Crippen LogP contribution < -0.4 is 5.32 Å². The summed E-state index contributed by atoms with van der Waals surface area (Å²) in [6, 6.07) is 3.61. The van der Waals surface area contributed by atoms with Gasteiger partial charge in [0.15, 0.2) is 0 Å². The van der Waals surface area contributed by atoms with Gasteiger partial charge >= 0.3 is 0 Å². The molecule has 0 aliphatic heterocycles. The van der Waals surface area contributed by atoms with Crippen molar-refractivity contribution in [2.45, 2.75) is 6.42 Å². The van der Waals surface area contributed by atoms with E-state index in [2.05, 4.69) is 15.5 Å². The van der Waals surface area contributed by atoms with Gasteiger partial charge in [0.05, 0.1) is 0 Å². The van der Waals surface area contributed by atoms with Crippen molar-refractivity contribution in [1.82, 2.24) is 15.1 Å². The number of nitrogens with one attached hydrogen (secondary N) is 1. The topological polar surface area (TPSA) is 58.1 Å². The van der Waals surface area contributed by atoms with E-state index in [1.165, 1.54) is 0 Å². The first-order chi connectivity index (χ1) is 6.70. The number of anilines is 1. The molecule has 1 aromatic heterocycles. The number of nitrogens with zero attached hydrogens (tertiary/aromatic N) is 3. The summed E-state index contributed by atoms with van der Waals surface area (Å²) in [7, 11) is 3.48. The van der Waals surface area contributed by atoms with Gasteiger partial charge in [-0.3, -0.25) is 4.79 Å². The Hall–Kier alpha value is -1.65. The molecule has 1 aromatic rings. The van der Waals surface area contributed by atoms with Gasteiger partial charge < -0.3 is 10.2 Å². The summed E-state index contributed by atoms with van der Waals surface area (Å²) in [6.07, 6.45) is 2.07. The monoisotopic (exact) mass is 194 g/mol. The van der Waals surface area contributed by atoms with Gasteiger partial charge in [-0.1, -0.05) is 0 Å². The molecule has 0 spiro atoms. The van der Waals surface area contributed by atoms with Crippen LogP contribution in [0.25, 0.3) is 0 Å². The fourth-order valence-corrected chi connectivity index (χ4v) is 0.917. The summed E-state index contributed by atoms with van der Waals surface area (Å²) in [5, 5.41) is 10.6. The van der Waals surface area contributed by atoms with E-state index in [0.29, 0.717) is 18.8 Å². The van der Waals surface area contributed by atoms with Crippen LogP contribution in [0.3, 0.4) is 0 Å². The Morgan fingerprint density at radius 2 is 2.36 bits per heavy atom. The molecule has 1 rings (SSSR count). The van der Waals surface area contributed by atoms with Gasteiger partial charge in [0.1, 0.15) is 5.82 Å². The Balaban J connectivity index is 2.26. The second kappa shape index (κ2) is 5.16. The van der Waals surface area contributed by atoms with Crippen LogP contribution in [0.5, 0.6) is 0 Å². The highest BCUT2D eigenvalue weighted by Gasteiger charge is 2.02. The number of carbonyl (C=O) groups is 1. The second-order valence-corrected chi connectivity index (χ2v) is 3.07. The zero-order chi connectivity index (χ0) is 10.4. The SMILES string of the molecule is CN(C)C(=O)CCNc1cccnn1. The molecule has 0 atom stereocenters. The van der Waals surface area contributed by atoms with Crippen LogP contribution in [0.4, 0.5) is 5.82 Å². The van der Waals surface area contributed by atoms with E-state index in [0.717, 1.165) is 0 Å². The maximum absolute atomic E-state index is 11.2. The van der Waals surface area contributed by atoms with Crippen molar-refractivity contribution in [3.63, 3.8) is 0 Å². The molecule has 5 nitrogen and oxygen atoms in total. The summed E-state index contributed by atoms with van der Waals surface area (Å²) in [4.78, 5) is 12.8. The molecule has 0 aliphatic carbocycles. The van der Waals surface area contributed by atoms with Gasteiger partial charge in [0, 0.05) is 33.3 Å². The minimum Gasteiger partial charge on any atom is -0.368 e. The first-order valence-electron chi connectivity index (χ1n) is 4.42. The lowest BCUT2D eigenvalue weighted by Crippen LogP contribution is -2.24. The van der Waals surface area contributed by atoms with Crippen LogP contribution in [0.1, 0.15) is 6.42 Å². The molecule has 0 saturated carbocycles. The van der Waals surface area contributed by atoms with Gasteiger partial charge in [0.2, 0.25) is 5.91 Å². The average Bonchev–Trinajstić information content (AvgIpc) is 2.19. The summed E-state index contributed by atoms with van der Waals surface area (Å²) < 4.78 is 0. The lowest BCUT2D eigenvalue weighted by molar-refractivity contribution is -0.128. The van der Waals surface area contributed by atoms with E-state index < -0.39 is 0 Å². The highest BCUT2D eigenvalue weighted by Crippen LogP contribution is 1.97. The lowest BCUT2D eigenvalue weighted by atomic mass is 10.4. The van der Waals surface area contributed by atoms with Crippen LogP contribution in [0, 0.1) is 0 Å². The van der Waals surface area contributed by atoms with Crippen LogP contribution in [-0.4, -0.2) is 41.6 Å². The Bertz CT molecular complexity index is 286. The van der Waals surface area contributed by atoms with E-state index in [1.807, 2.05) is 6.07 Å². The molecule has 0 unspecified atom stereocenters. The number of rotatable bonds is 4. The quantitative estimate of drug-likeness (QED) is 0.752. The Kier molecular flexibility index (Phi) is 3.84. The van der Waals surface area contributed by atoms with Crippen LogP contribution >= 0.6 is 0 Å². The van der Waals surface area contributed by atoms with E-state index in [-0.39, 0.29) is 5.91 Å². The summed E-state index contributed by atoms with van der Waals surface area (Å²) in [5.74, 6) is 0.792. The van der Waals surface area contributed by atoms with Crippen molar-refractivity contribution in [3.05, 3.63) is 18.3 Å². The van der Waals surface area contributed by atoms with Crippen molar-refractivity contribution in [2.75, 3.05) is 26.0 Å². The minimum absolute atomic E-state index is 0.0985. The predicted octanol–water partition coefficient (Wildman–Crippen LogP) is 0.367. The highest BCUT2D eigenvalue weighted by molar-refractivity contribution is 5.76. The molecule has 0 aromatic carbocycles. The molecule has 1 heterocycles. The Morgan fingerprint density at radius 1 is 1.57 bits per heavy atom. The molecular formula is C9H14N4O. The van der Waals surface area contributed by atoms with Crippen molar-refractivity contribution in [1.29, 1.82) is 0 Å². The molecule has 0 radical (unpaired) electrons. The number of amides is 1. The Labute approximate surface area is 83.1 Å². The van der Waals surface area contributed by atoms with Crippen molar-refractivity contribution < 1.29 is 4.79 Å². The van der Waals surface area contributed by atoms with Gasteiger partial charge in [-0.25, -0.2) is 0 Å². The summed E-state index contributed by atoms with van der Waals surface area (Å²) in [6.45, 7) is 0.579. The molecule has 0 bridgehead atoms. The molecule has 0 aliphatic rings. The molecule has 1 N–H and O–H groups in total. The zero-order valence-electron chi connectivity index (χ0n) is 8.40. The third-order valence-corrected chi connectivity index (χ3v) is 1.72. The maximum atomic E-state index is 11.2. The largest absolute Gasteiger partial charge is 0.368 e. The number of aromatic nitrogens is 2. The molecule has 5 heteroatoms. The average molecular weight is 194 g/mol. The van der Waals surface area contributed by atoms with E-state index >= 15 is 0 Å². The first-order valence-corrected chi connectivity index (χ1v) is 4.42. The van der Waals surface area contributed by atoms with Gasteiger partial charge in [0.25, 0.3) is 0 Å². The second-order valence-electron chi connectivity index (χ2n) is 3.07. The molecule has 0 saturated heterocycles. The van der Waals surface area contributed by atoms with Crippen molar-refractivity contribution in [3.8, 4) is 0 Å².